The molecule has 0 bridgehead atoms. The molecule has 3 rings (SSSR count). The second-order valence-corrected chi connectivity index (χ2v) is 6.52. The highest BCUT2D eigenvalue weighted by molar-refractivity contribution is 5.72. The third-order valence-corrected chi connectivity index (χ3v) is 4.43. The molecule has 0 saturated carbocycles. The molecule has 1 aliphatic rings. The van der Waals surface area contributed by atoms with Crippen molar-refractivity contribution >= 4 is 5.97 Å². The molecule has 1 atom stereocenters. The van der Waals surface area contributed by atoms with Crippen molar-refractivity contribution in [1.29, 1.82) is 0 Å². The van der Waals surface area contributed by atoms with Crippen LogP contribution in [-0.2, 0) is 22.6 Å². The summed E-state index contributed by atoms with van der Waals surface area (Å²) >= 11 is 0. The molecule has 0 spiro atoms. The molecule has 138 valence electrons. The number of fused-ring (bicyclic) bond motifs is 1. The van der Waals surface area contributed by atoms with Crippen LogP contribution in [0.1, 0.15) is 18.1 Å². The van der Waals surface area contributed by atoms with Crippen molar-refractivity contribution in [1.82, 2.24) is 4.90 Å². The highest BCUT2D eigenvalue weighted by Crippen LogP contribution is 2.34. The van der Waals surface area contributed by atoms with Gasteiger partial charge in [-0.15, -0.1) is 0 Å². The minimum absolute atomic E-state index is 0.197. The zero-order chi connectivity index (χ0) is 18.4. The van der Waals surface area contributed by atoms with Gasteiger partial charge in [-0.05, 0) is 11.6 Å². The van der Waals surface area contributed by atoms with Crippen molar-refractivity contribution in [2.24, 2.45) is 5.92 Å². The van der Waals surface area contributed by atoms with Gasteiger partial charge in [0.1, 0.15) is 13.2 Å². The van der Waals surface area contributed by atoms with Crippen LogP contribution in [0.4, 0.5) is 0 Å². The summed E-state index contributed by atoms with van der Waals surface area (Å²) < 4.78 is 16.4. The Kier molecular flexibility index (Phi) is 6.12. The van der Waals surface area contributed by atoms with Crippen molar-refractivity contribution in [3.63, 3.8) is 0 Å². The summed E-state index contributed by atoms with van der Waals surface area (Å²) in [6.45, 7) is 5.04. The molecule has 2 aromatic rings. The van der Waals surface area contributed by atoms with Crippen molar-refractivity contribution in [3.8, 4) is 11.5 Å². The highest BCUT2D eigenvalue weighted by atomic mass is 16.6. The van der Waals surface area contributed by atoms with Crippen LogP contribution in [0.5, 0.6) is 11.5 Å². The number of hydrogen-bond donors (Lipinski definition) is 0. The number of nitrogens with zero attached hydrogens (tertiary/aromatic N) is 1. The summed E-state index contributed by atoms with van der Waals surface area (Å²) in [6.07, 6.45) is 0. The average Bonchev–Trinajstić information content (AvgIpc) is 2.68. The molecule has 26 heavy (non-hydrogen) atoms. The lowest BCUT2D eigenvalue weighted by Crippen LogP contribution is -2.32. The minimum atomic E-state index is -0.208. The van der Waals surface area contributed by atoms with Crippen molar-refractivity contribution in [2.75, 3.05) is 26.9 Å². The van der Waals surface area contributed by atoms with Crippen LogP contribution >= 0.6 is 0 Å². The molecule has 2 aromatic carbocycles. The summed E-state index contributed by atoms with van der Waals surface area (Å²) in [4.78, 5) is 14.1. The Balaban J connectivity index is 1.80. The monoisotopic (exact) mass is 355 g/mol. The molecule has 1 heterocycles. The Labute approximate surface area is 154 Å². The van der Waals surface area contributed by atoms with Gasteiger partial charge in [0.2, 0.25) is 0 Å². The van der Waals surface area contributed by atoms with Gasteiger partial charge in [-0.25, -0.2) is 0 Å². The number of carbonyl (C=O) groups is 1. The molecule has 0 saturated heterocycles. The van der Waals surface area contributed by atoms with Crippen LogP contribution < -0.4 is 9.47 Å². The summed E-state index contributed by atoms with van der Waals surface area (Å²) in [5.41, 5.74) is 2.27. The van der Waals surface area contributed by atoms with Crippen LogP contribution in [0, 0.1) is 5.92 Å². The third kappa shape index (κ3) is 4.55. The first kappa shape index (κ1) is 18.3. The molecule has 5 nitrogen and oxygen atoms in total. The van der Waals surface area contributed by atoms with Gasteiger partial charge in [0.05, 0.1) is 13.0 Å². The molecular formula is C21H25NO4. The Morgan fingerprint density at radius 3 is 2.62 bits per heavy atom. The lowest BCUT2D eigenvalue weighted by atomic mass is 10.1. The normalized spacial score (nSPS) is 14.1. The van der Waals surface area contributed by atoms with Crippen LogP contribution in [0.2, 0.25) is 0 Å². The van der Waals surface area contributed by atoms with Crippen molar-refractivity contribution < 1.29 is 19.0 Å². The lowest BCUT2D eigenvalue weighted by Gasteiger charge is -2.27. The minimum Gasteiger partial charge on any atom is -0.486 e. The molecule has 0 fully saturated rings. The van der Waals surface area contributed by atoms with E-state index < -0.39 is 0 Å². The molecule has 0 amide bonds. The van der Waals surface area contributed by atoms with E-state index in [1.54, 1.807) is 0 Å². The molecule has 0 aliphatic carbocycles. The van der Waals surface area contributed by atoms with E-state index >= 15 is 0 Å². The van der Waals surface area contributed by atoms with Crippen LogP contribution in [0.25, 0.3) is 0 Å². The number of rotatable bonds is 7. The maximum Gasteiger partial charge on any atom is 0.309 e. The number of esters is 1. The first-order chi connectivity index (χ1) is 12.7. The Bertz CT molecular complexity index is 732. The first-order valence-electron chi connectivity index (χ1n) is 8.89. The van der Waals surface area contributed by atoms with E-state index in [0.29, 0.717) is 26.3 Å². The highest BCUT2D eigenvalue weighted by Gasteiger charge is 2.21. The van der Waals surface area contributed by atoms with E-state index in [4.69, 9.17) is 14.2 Å². The maximum absolute atomic E-state index is 11.9. The van der Waals surface area contributed by atoms with Crippen LogP contribution in [-0.4, -0.2) is 37.7 Å². The number of ether oxygens (including phenoxy) is 3. The molecule has 0 N–H and O–H groups in total. The van der Waals surface area contributed by atoms with E-state index in [0.717, 1.165) is 23.6 Å². The van der Waals surface area contributed by atoms with Gasteiger partial charge >= 0.3 is 5.97 Å². The standard InChI is InChI=1S/C21H25NO4/c1-16(21(23)24-2)13-22(14-17-7-4-3-5-8-17)15-18-9-6-10-19-20(18)26-12-11-25-19/h3-10,16H,11-15H2,1-2H3/t16-/m1/s1. The third-order valence-electron chi connectivity index (χ3n) is 4.43. The first-order valence-corrected chi connectivity index (χ1v) is 8.89. The largest absolute Gasteiger partial charge is 0.486 e. The van der Waals surface area contributed by atoms with Gasteiger partial charge < -0.3 is 14.2 Å². The topological polar surface area (TPSA) is 48.0 Å². The van der Waals surface area contributed by atoms with Crippen molar-refractivity contribution in [2.45, 2.75) is 20.0 Å². The van der Waals surface area contributed by atoms with Gasteiger partial charge in [-0.1, -0.05) is 49.4 Å². The number of para-hydroxylation sites is 1. The Morgan fingerprint density at radius 1 is 1.08 bits per heavy atom. The van der Waals surface area contributed by atoms with E-state index in [9.17, 15) is 4.79 Å². The smallest absolute Gasteiger partial charge is 0.309 e. The fourth-order valence-corrected chi connectivity index (χ4v) is 3.19. The van der Waals surface area contributed by atoms with E-state index in [1.165, 1.54) is 12.7 Å². The van der Waals surface area contributed by atoms with Gasteiger partial charge in [0.15, 0.2) is 11.5 Å². The maximum atomic E-state index is 11.9. The number of carbonyl (C=O) groups excluding carboxylic acids is 1. The molecular weight excluding hydrogens is 330 g/mol. The average molecular weight is 355 g/mol. The molecule has 5 heteroatoms. The van der Waals surface area contributed by atoms with Crippen molar-refractivity contribution in [3.05, 3.63) is 59.7 Å². The predicted octanol–water partition coefficient (Wildman–Crippen LogP) is 3.27. The van der Waals surface area contributed by atoms with E-state index in [1.807, 2.05) is 43.3 Å². The summed E-state index contributed by atoms with van der Waals surface area (Å²) in [6, 6.07) is 16.2. The molecule has 0 radical (unpaired) electrons. The second kappa shape index (κ2) is 8.72. The molecule has 1 aliphatic heterocycles. The molecule has 0 aromatic heterocycles. The Hall–Kier alpha value is -2.53. The molecule has 0 unspecified atom stereocenters. The number of hydrogen-bond acceptors (Lipinski definition) is 5. The fourth-order valence-electron chi connectivity index (χ4n) is 3.19. The summed E-state index contributed by atoms with van der Waals surface area (Å²) in [5.74, 6) is 1.19. The quantitative estimate of drug-likeness (QED) is 0.714. The summed E-state index contributed by atoms with van der Waals surface area (Å²) in [7, 11) is 1.43. The van der Waals surface area contributed by atoms with Gasteiger partial charge in [0, 0.05) is 25.2 Å². The Morgan fingerprint density at radius 2 is 1.85 bits per heavy atom. The summed E-state index contributed by atoms with van der Waals surface area (Å²) in [5, 5.41) is 0. The van der Waals surface area contributed by atoms with Gasteiger partial charge in [-0.2, -0.15) is 0 Å². The SMILES string of the molecule is COC(=O)[C@H](C)CN(Cc1ccccc1)Cc1cccc2c1OCCO2. The van der Waals surface area contributed by atoms with Crippen LogP contribution in [0.15, 0.2) is 48.5 Å². The van der Waals surface area contributed by atoms with Gasteiger partial charge in [-0.3, -0.25) is 9.69 Å². The fraction of sp³-hybridized carbons (Fsp3) is 0.381. The zero-order valence-electron chi connectivity index (χ0n) is 15.3. The van der Waals surface area contributed by atoms with Gasteiger partial charge in [0.25, 0.3) is 0 Å². The van der Waals surface area contributed by atoms with E-state index in [2.05, 4.69) is 17.0 Å². The van der Waals surface area contributed by atoms with E-state index in [-0.39, 0.29) is 11.9 Å². The predicted molar refractivity (Wildman–Crippen MR) is 99.2 cm³/mol. The lowest BCUT2D eigenvalue weighted by molar-refractivity contribution is -0.145. The van der Waals surface area contributed by atoms with Crippen LogP contribution in [0.3, 0.4) is 0 Å². The number of benzene rings is 2. The number of methoxy groups -OCH3 is 1. The second-order valence-electron chi connectivity index (χ2n) is 6.52. The zero-order valence-corrected chi connectivity index (χ0v) is 15.3.